The summed E-state index contributed by atoms with van der Waals surface area (Å²) in [5, 5.41) is 1.02. The van der Waals surface area contributed by atoms with E-state index >= 15 is 0 Å². The topological polar surface area (TPSA) is 45.4 Å². The molecule has 1 saturated carbocycles. The third kappa shape index (κ3) is 4.16. The van der Waals surface area contributed by atoms with E-state index in [2.05, 4.69) is 4.90 Å². The van der Waals surface area contributed by atoms with Crippen LogP contribution in [0.1, 0.15) is 44.9 Å². The minimum atomic E-state index is 0.511. The molecule has 1 saturated heterocycles. The smallest absolute Gasteiger partial charge is 0.351 e. The van der Waals surface area contributed by atoms with E-state index < -0.39 is 0 Å². The minimum Gasteiger partial charge on any atom is -0.351 e. The Kier molecular flexibility index (Phi) is 5.75. The lowest BCUT2D eigenvalue weighted by molar-refractivity contribution is -0.736. The molecule has 23 heavy (non-hydrogen) atoms. The lowest BCUT2D eigenvalue weighted by Crippen LogP contribution is -2.21. The molecule has 1 aromatic rings. The maximum atomic E-state index is 11.9. The molecule has 5 nitrogen and oxygen atoms in total. The van der Waals surface area contributed by atoms with Gasteiger partial charge in [-0.1, -0.05) is 19.3 Å². The predicted molar refractivity (Wildman–Crippen MR) is 93.3 cm³/mol. The van der Waals surface area contributed by atoms with Crippen LogP contribution in [-0.4, -0.2) is 35.9 Å². The minimum absolute atomic E-state index is 0.511. The van der Waals surface area contributed by atoms with Crippen LogP contribution in [0.2, 0.25) is 0 Å². The van der Waals surface area contributed by atoms with E-state index in [4.69, 9.17) is 9.82 Å². The first-order valence-corrected chi connectivity index (χ1v) is 9.66. The maximum absolute atomic E-state index is 11.9. The van der Waals surface area contributed by atoms with Gasteiger partial charge in [0.1, 0.15) is 0 Å². The Bertz CT molecular complexity index is 541. The molecule has 0 amide bonds. The molecule has 126 valence electrons. The average molecular weight is 336 g/mol. The van der Waals surface area contributed by atoms with Gasteiger partial charge in [0.25, 0.3) is 4.92 Å². The van der Waals surface area contributed by atoms with Crippen molar-refractivity contribution in [2.75, 3.05) is 30.9 Å². The van der Waals surface area contributed by atoms with Crippen molar-refractivity contribution in [1.29, 1.82) is 0 Å². The van der Waals surface area contributed by atoms with E-state index in [9.17, 15) is 4.91 Å². The van der Waals surface area contributed by atoms with Crippen LogP contribution in [0.5, 0.6) is 0 Å². The van der Waals surface area contributed by atoms with Gasteiger partial charge in [0.2, 0.25) is 5.82 Å². The Hall–Kier alpha value is -1.30. The van der Waals surface area contributed by atoms with Crippen LogP contribution in [0.25, 0.3) is 0 Å². The first kappa shape index (κ1) is 16.6. The lowest BCUT2D eigenvalue weighted by Gasteiger charge is -2.21. The fourth-order valence-electron chi connectivity index (χ4n) is 3.46. The highest BCUT2D eigenvalue weighted by molar-refractivity contribution is 7.99. The summed E-state index contributed by atoms with van der Waals surface area (Å²) >= 11 is 1.83. The maximum Gasteiger partial charge on any atom is 0.358 e. The van der Waals surface area contributed by atoms with Crippen LogP contribution in [0.4, 0.5) is 11.5 Å². The summed E-state index contributed by atoms with van der Waals surface area (Å²) in [6.07, 6.45) is 9.15. The molecule has 0 bridgehead atoms. The fourth-order valence-corrected chi connectivity index (χ4v) is 4.52. The molecule has 0 spiro atoms. The summed E-state index contributed by atoms with van der Waals surface area (Å²) in [5.41, 5.74) is 0.511. The average Bonchev–Trinajstić information content (AvgIpc) is 3.14. The fraction of sp³-hybridized carbons (Fsp3) is 0.706. The monoisotopic (exact) mass is 336 g/mol. The van der Waals surface area contributed by atoms with Crippen LogP contribution in [0, 0.1) is 10.8 Å². The second kappa shape index (κ2) is 7.99. The molecular formula is C17H26N3O2S+. The van der Waals surface area contributed by atoms with Crippen LogP contribution < -0.4 is 4.90 Å². The predicted octanol–water partition coefficient (Wildman–Crippen LogP) is 4.33. The zero-order chi connectivity index (χ0) is 16.1. The van der Waals surface area contributed by atoms with Crippen molar-refractivity contribution in [3.63, 3.8) is 0 Å². The van der Waals surface area contributed by atoms with Crippen LogP contribution in [0.3, 0.4) is 0 Å². The number of thioether (sulfide) groups is 1. The van der Waals surface area contributed by atoms with Gasteiger partial charge in [-0.15, -0.1) is 11.8 Å². The Labute approximate surface area is 142 Å². The molecule has 0 atom stereocenters. The van der Waals surface area contributed by atoms with Gasteiger partial charge in [-0.3, -0.25) is 0 Å². The second-order valence-electron chi connectivity index (χ2n) is 6.44. The zero-order valence-corrected chi connectivity index (χ0v) is 14.7. The van der Waals surface area contributed by atoms with Crippen molar-refractivity contribution in [3.05, 3.63) is 17.0 Å². The molecule has 0 aromatic carbocycles. The Morgan fingerprint density at radius 3 is 2.65 bits per heavy atom. The van der Waals surface area contributed by atoms with Crippen molar-refractivity contribution in [3.8, 4) is 0 Å². The number of pyridine rings is 1. The molecule has 2 aliphatic rings. The van der Waals surface area contributed by atoms with E-state index in [1.165, 1.54) is 39.2 Å². The number of aromatic nitrogens is 1. The van der Waals surface area contributed by atoms with E-state index in [-0.39, 0.29) is 0 Å². The normalized spacial score (nSPS) is 19.1. The van der Waals surface area contributed by atoms with Crippen LogP contribution in [0.15, 0.2) is 17.2 Å². The van der Waals surface area contributed by atoms with Crippen molar-refractivity contribution < 1.29 is 9.76 Å². The molecule has 2 fully saturated rings. The SMILES string of the molecule is CO[N+](=O)c1ccc(SCC2CCCCC2)nc1N1CCCC1. The molecule has 6 heteroatoms. The van der Waals surface area contributed by atoms with Gasteiger partial charge >= 0.3 is 5.69 Å². The summed E-state index contributed by atoms with van der Waals surface area (Å²) in [7, 11) is 1.40. The summed E-state index contributed by atoms with van der Waals surface area (Å²) in [6, 6.07) is 3.80. The molecule has 1 aliphatic heterocycles. The Morgan fingerprint density at radius 1 is 1.22 bits per heavy atom. The quantitative estimate of drug-likeness (QED) is 0.571. The van der Waals surface area contributed by atoms with Crippen LogP contribution in [-0.2, 0) is 4.84 Å². The molecule has 1 aliphatic carbocycles. The number of rotatable bonds is 6. The van der Waals surface area contributed by atoms with Gasteiger partial charge in [-0.2, -0.15) is 0 Å². The highest BCUT2D eigenvalue weighted by Crippen LogP contribution is 2.34. The van der Waals surface area contributed by atoms with Gasteiger partial charge in [0, 0.05) is 24.9 Å². The standard InChI is InChI=1S/C17H26N3O2S/c1-22-20(21)15-9-10-16(18-17(15)19-11-5-6-12-19)23-13-14-7-3-2-4-8-14/h9-10,14H,2-8,11-13H2,1H3/q+1. The summed E-state index contributed by atoms with van der Waals surface area (Å²) in [6.45, 7) is 1.93. The highest BCUT2D eigenvalue weighted by Gasteiger charge is 2.28. The van der Waals surface area contributed by atoms with Crippen molar-refractivity contribution >= 4 is 23.3 Å². The van der Waals surface area contributed by atoms with Crippen molar-refractivity contribution in [2.24, 2.45) is 5.92 Å². The third-order valence-corrected chi connectivity index (χ3v) is 5.95. The van der Waals surface area contributed by atoms with Crippen molar-refractivity contribution in [1.82, 2.24) is 4.98 Å². The largest absolute Gasteiger partial charge is 0.358 e. The molecule has 3 rings (SSSR count). The number of anilines is 1. The Morgan fingerprint density at radius 2 is 1.96 bits per heavy atom. The number of hydrogen-bond donors (Lipinski definition) is 0. The van der Waals surface area contributed by atoms with Crippen molar-refractivity contribution in [2.45, 2.75) is 50.0 Å². The van der Waals surface area contributed by atoms with E-state index in [0.717, 1.165) is 48.4 Å². The van der Waals surface area contributed by atoms with E-state index in [1.54, 1.807) is 0 Å². The molecule has 2 heterocycles. The second-order valence-corrected chi connectivity index (χ2v) is 7.48. The van der Waals surface area contributed by atoms with E-state index in [1.807, 2.05) is 23.9 Å². The summed E-state index contributed by atoms with van der Waals surface area (Å²) in [5.74, 6) is 2.73. The highest BCUT2D eigenvalue weighted by atomic mass is 32.2. The number of hydrogen-bond acceptors (Lipinski definition) is 5. The van der Waals surface area contributed by atoms with Gasteiger partial charge in [0.05, 0.1) is 9.93 Å². The Balaban J connectivity index is 1.73. The zero-order valence-electron chi connectivity index (χ0n) is 13.9. The van der Waals surface area contributed by atoms with Gasteiger partial charge in [0.15, 0.2) is 7.11 Å². The van der Waals surface area contributed by atoms with E-state index in [0.29, 0.717) is 10.6 Å². The van der Waals surface area contributed by atoms with Gasteiger partial charge in [-0.25, -0.2) is 9.82 Å². The molecule has 1 aromatic heterocycles. The van der Waals surface area contributed by atoms with Crippen LogP contribution >= 0.6 is 11.8 Å². The molecular weight excluding hydrogens is 310 g/mol. The lowest BCUT2D eigenvalue weighted by atomic mass is 9.91. The molecule has 0 unspecified atom stereocenters. The molecule has 0 radical (unpaired) electrons. The van der Waals surface area contributed by atoms with Gasteiger partial charge < -0.3 is 4.90 Å². The summed E-state index contributed by atoms with van der Waals surface area (Å²) in [4.78, 5) is 24.3. The first-order chi connectivity index (χ1) is 11.3. The first-order valence-electron chi connectivity index (χ1n) is 8.68. The third-order valence-electron chi connectivity index (χ3n) is 4.79. The summed E-state index contributed by atoms with van der Waals surface area (Å²) < 4.78 is 0. The number of nitrogens with zero attached hydrogens (tertiary/aromatic N) is 3. The van der Waals surface area contributed by atoms with Gasteiger partial charge in [-0.05, 0) is 37.7 Å². The molecule has 0 N–H and O–H groups in total.